The quantitative estimate of drug-likeness (QED) is 0.813. The van der Waals surface area contributed by atoms with Crippen LogP contribution in [0.1, 0.15) is 11.1 Å². The van der Waals surface area contributed by atoms with Gasteiger partial charge in [-0.1, -0.05) is 0 Å². The minimum Gasteiger partial charge on any atom is -0.497 e. The fraction of sp³-hybridized carbons (Fsp3) is 0.400. The molecule has 0 aliphatic heterocycles. The third-order valence-electron chi connectivity index (χ3n) is 2.04. The van der Waals surface area contributed by atoms with Crippen LogP contribution in [0.5, 0.6) is 5.75 Å². The second-order valence-corrected chi connectivity index (χ2v) is 3.19. The van der Waals surface area contributed by atoms with Gasteiger partial charge in [-0.3, -0.25) is 0 Å². The van der Waals surface area contributed by atoms with E-state index in [4.69, 9.17) is 10.6 Å². The molecule has 1 aromatic carbocycles. The van der Waals surface area contributed by atoms with Gasteiger partial charge in [0.25, 0.3) is 0 Å². The Morgan fingerprint density at radius 2 is 1.94 bits per heavy atom. The molecule has 0 heterocycles. The van der Waals surface area contributed by atoms with Crippen molar-refractivity contribution in [2.24, 2.45) is 5.90 Å². The van der Waals surface area contributed by atoms with Crippen molar-refractivity contribution >= 4 is 0 Å². The summed E-state index contributed by atoms with van der Waals surface area (Å²) < 4.78 is 42.3. The summed E-state index contributed by atoms with van der Waals surface area (Å²) in [6, 6.07) is 3.53. The normalized spacial score (nSPS) is 11.6. The van der Waals surface area contributed by atoms with Crippen LogP contribution >= 0.6 is 0 Å². The van der Waals surface area contributed by atoms with Crippen molar-refractivity contribution in [1.29, 1.82) is 0 Å². The molecule has 0 fully saturated rings. The van der Waals surface area contributed by atoms with Gasteiger partial charge in [-0.15, -0.1) is 0 Å². The fourth-order valence-electron chi connectivity index (χ4n) is 1.26. The molecule has 16 heavy (non-hydrogen) atoms. The molecule has 2 N–H and O–H groups in total. The Labute approximate surface area is 90.9 Å². The van der Waals surface area contributed by atoms with E-state index < -0.39 is 11.7 Å². The van der Waals surface area contributed by atoms with Crippen LogP contribution in [0.4, 0.5) is 13.2 Å². The van der Waals surface area contributed by atoms with E-state index in [1.807, 2.05) is 0 Å². The van der Waals surface area contributed by atoms with Gasteiger partial charge in [0.1, 0.15) is 5.75 Å². The van der Waals surface area contributed by atoms with Gasteiger partial charge in [0.2, 0.25) is 0 Å². The first-order valence-electron chi connectivity index (χ1n) is 4.54. The Morgan fingerprint density at radius 3 is 2.44 bits per heavy atom. The highest BCUT2D eigenvalue weighted by molar-refractivity contribution is 5.36. The average molecular weight is 235 g/mol. The van der Waals surface area contributed by atoms with Gasteiger partial charge in [-0.2, -0.15) is 13.2 Å². The Hall–Kier alpha value is -1.27. The summed E-state index contributed by atoms with van der Waals surface area (Å²) in [6.45, 7) is 0.157. The van der Waals surface area contributed by atoms with Gasteiger partial charge in [-0.25, -0.2) is 5.90 Å². The zero-order chi connectivity index (χ0) is 12.2. The van der Waals surface area contributed by atoms with E-state index in [-0.39, 0.29) is 12.4 Å². The molecule has 0 saturated heterocycles. The number of halogens is 3. The molecule has 0 amide bonds. The lowest BCUT2D eigenvalue weighted by molar-refractivity contribution is -0.137. The SMILES string of the molecule is COc1cc(CCON)cc(C(F)(F)F)c1. The lowest BCUT2D eigenvalue weighted by Crippen LogP contribution is -2.08. The highest BCUT2D eigenvalue weighted by Crippen LogP contribution is 2.32. The molecule has 0 radical (unpaired) electrons. The first kappa shape index (κ1) is 12.8. The minimum atomic E-state index is -4.38. The van der Waals surface area contributed by atoms with Crippen LogP contribution in [0.15, 0.2) is 18.2 Å². The van der Waals surface area contributed by atoms with Crippen LogP contribution < -0.4 is 10.6 Å². The molecule has 0 unspecified atom stereocenters. The molecule has 0 aliphatic rings. The van der Waals surface area contributed by atoms with Crippen LogP contribution in [0.25, 0.3) is 0 Å². The van der Waals surface area contributed by atoms with Crippen molar-refractivity contribution in [1.82, 2.24) is 0 Å². The van der Waals surface area contributed by atoms with Crippen LogP contribution in [0.3, 0.4) is 0 Å². The third-order valence-corrected chi connectivity index (χ3v) is 2.04. The van der Waals surface area contributed by atoms with Crippen molar-refractivity contribution in [3.63, 3.8) is 0 Å². The Bertz CT molecular complexity index is 352. The van der Waals surface area contributed by atoms with E-state index >= 15 is 0 Å². The van der Waals surface area contributed by atoms with Gasteiger partial charge in [0.15, 0.2) is 0 Å². The topological polar surface area (TPSA) is 44.5 Å². The van der Waals surface area contributed by atoms with Gasteiger partial charge >= 0.3 is 6.18 Å². The predicted octanol–water partition coefficient (Wildman–Crippen LogP) is 2.15. The lowest BCUT2D eigenvalue weighted by Gasteiger charge is -2.11. The Kier molecular flexibility index (Phi) is 4.14. The van der Waals surface area contributed by atoms with Crippen molar-refractivity contribution in [3.05, 3.63) is 29.3 Å². The summed E-state index contributed by atoms with van der Waals surface area (Å²) in [5.41, 5.74) is -0.268. The largest absolute Gasteiger partial charge is 0.497 e. The lowest BCUT2D eigenvalue weighted by atomic mass is 10.1. The molecule has 90 valence electrons. The minimum absolute atomic E-state index is 0.157. The maximum Gasteiger partial charge on any atom is 0.416 e. The van der Waals surface area contributed by atoms with E-state index in [1.165, 1.54) is 13.2 Å². The van der Waals surface area contributed by atoms with E-state index in [0.29, 0.717) is 12.0 Å². The summed E-state index contributed by atoms with van der Waals surface area (Å²) in [5, 5.41) is 0. The Balaban J connectivity index is 3.01. The van der Waals surface area contributed by atoms with Crippen molar-refractivity contribution in [2.75, 3.05) is 13.7 Å². The van der Waals surface area contributed by atoms with E-state index in [1.54, 1.807) is 0 Å². The molecular formula is C10H12F3NO2. The summed E-state index contributed by atoms with van der Waals surface area (Å²) in [7, 11) is 1.32. The number of benzene rings is 1. The van der Waals surface area contributed by atoms with E-state index in [0.717, 1.165) is 12.1 Å². The standard InChI is InChI=1S/C10H12F3NO2/c1-15-9-5-7(2-3-16-14)4-8(6-9)10(11,12)13/h4-6H,2-3,14H2,1H3. The molecule has 0 atom stereocenters. The monoisotopic (exact) mass is 235 g/mol. The molecule has 1 aromatic rings. The number of methoxy groups -OCH3 is 1. The van der Waals surface area contributed by atoms with Crippen LogP contribution in [-0.4, -0.2) is 13.7 Å². The van der Waals surface area contributed by atoms with E-state index in [2.05, 4.69) is 4.84 Å². The third kappa shape index (κ3) is 3.39. The van der Waals surface area contributed by atoms with Crippen molar-refractivity contribution < 1.29 is 22.7 Å². The number of hydrogen-bond donors (Lipinski definition) is 1. The summed E-state index contributed by atoms with van der Waals surface area (Å²) in [6.07, 6.45) is -4.08. The molecule has 0 spiro atoms. The van der Waals surface area contributed by atoms with Crippen LogP contribution in [0, 0.1) is 0 Å². The average Bonchev–Trinajstić information content (AvgIpc) is 2.24. The van der Waals surface area contributed by atoms with Gasteiger partial charge in [-0.05, 0) is 30.2 Å². The first-order chi connectivity index (χ1) is 7.47. The predicted molar refractivity (Wildman–Crippen MR) is 51.8 cm³/mol. The number of hydrogen-bond acceptors (Lipinski definition) is 3. The van der Waals surface area contributed by atoms with Gasteiger partial charge in [0.05, 0.1) is 19.3 Å². The molecule has 6 heteroatoms. The summed E-state index contributed by atoms with van der Waals surface area (Å²) in [5.74, 6) is 4.99. The molecule has 3 nitrogen and oxygen atoms in total. The van der Waals surface area contributed by atoms with E-state index in [9.17, 15) is 13.2 Å². The first-order valence-corrected chi connectivity index (χ1v) is 4.54. The molecule has 0 bridgehead atoms. The maximum absolute atomic E-state index is 12.5. The van der Waals surface area contributed by atoms with Crippen molar-refractivity contribution in [2.45, 2.75) is 12.6 Å². The number of nitrogens with two attached hydrogens (primary N) is 1. The molecule has 0 aromatic heterocycles. The van der Waals surface area contributed by atoms with Crippen molar-refractivity contribution in [3.8, 4) is 5.75 Å². The number of alkyl halides is 3. The molecular weight excluding hydrogens is 223 g/mol. The van der Waals surface area contributed by atoms with Gasteiger partial charge in [0, 0.05) is 0 Å². The maximum atomic E-state index is 12.5. The Morgan fingerprint density at radius 1 is 1.25 bits per heavy atom. The van der Waals surface area contributed by atoms with Crippen LogP contribution in [-0.2, 0) is 17.4 Å². The summed E-state index contributed by atoms with van der Waals surface area (Å²) in [4.78, 5) is 4.32. The smallest absolute Gasteiger partial charge is 0.416 e. The number of ether oxygens (including phenoxy) is 1. The highest BCUT2D eigenvalue weighted by Gasteiger charge is 2.31. The van der Waals surface area contributed by atoms with Gasteiger partial charge < -0.3 is 9.57 Å². The molecule has 1 rings (SSSR count). The summed E-state index contributed by atoms with van der Waals surface area (Å²) >= 11 is 0. The fourth-order valence-corrected chi connectivity index (χ4v) is 1.26. The zero-order valence-electron chi connectivity index (χ0n) is 8.67. The zero-order valence-corrected chi connectivity index (χ0v) is 8.67. The second kappa shape index (κ2) is 5.18. The highest BCUT2D eigenvalue weighted by atomic mass is 19.4. The van der Waals surface area contributed by atoms with Crippen LogP contribution in [0.2, 0.25) is 0 Å². The second-order valence-electron chi connectivity index (χ2n) is 3.19. The molecule has 0 saturated carbocycles. The number of rotatable bonds is 4. The molecule has 0 aliphatic carbocycles.